The molecule has 1 aromatic heterocycles. The predicted molar refractivity (Wildman–Crippen MR) is 74.5 cm³/mol. The summed E-state index contributed by atoms with van der Waals surface area (Å²) in [4.78, 5) is 14.2. The quantitative estimate of drug-likeness (QED) is 0.859. The van der Waals surface area contributed by atoms with Crippen LogP contribution in [-0.2, 0) is 0 Å². The molecule has 1 aromatic rings. The van der Waals surface area contributed by atoms with E-state index in [1.54, 1.807) is 17.0 Å². The fourth-order valence-electron chi connectivity index (χ4n) is 3.35. The minimum atomic E-state index is -0.569. The van der Waals surface area contributed by atoms with Crippen LogP contribution in [0.2, 0.25) is 5.15 Å². The fourth-order valence-corrected chi connectivity index (χ4v) is 3.45. The molecule has 0 spiro atoms. The third kappa shape index (κ3) is 2.52. The van der Waals surface area contributed by atoms with Gasteiger partial charge in [0, 0.05) is 19.0 Å². The highest BCUT2D eigenvalue weighted by molar-refractivity contribution is 6.29. The first-order chi connectivity index (χ1) is 9.58. The second-order valence-electron chi connectivity index (χ2n) is 5.79. The first-order valence-corrected chi connectivity index (χ1v) is 7.47. The second-order valence-corrected chi connectivity index (χ2v) is 6.18. The average Bonchev–Trinajstić information content (AvgIpc) is 2.46. The summed E-state index contributed by atoms with van der Waals surface area (Å²) in [6.07, 6.45) is 4.73. The van der Waals surface area contributed by atoms with E-state index in [0.29, 0.717) is 25.2 Å². The molecule has 2 fully saturated rings. The molecule has 2 aliphatic rings. The maximum absolute atomic E-state index is 12.4. The van der Waals surface area contributed by atoms with E-state index in [1.807, 2.05) is 0 Å². The molecule has 1 saturated carbocycles. The topological polar surface area (TPSA) is 66.3 Å². The molecular weight excluding hydrogens is 278 g/mol. The summed E-state index contributed by atoms with van der Waals surface area (Å²) in [5, 5.41) is 18.4. The molecule has 0 aromatic carbocycles. The van der Waals surface area contributed by atoms with Gasteiger partial charge in [-0.1, -0.05) is 24.4 Å². The molecule has 1 amide bonds. The number of nitrogens with zero attached hydrogens (tertiary/aromatic N) is 3. The number of piperidine rings is 1. The van der Waals surface area contributed by atoms with Crippen molar-refractivity contribution in [3.63, 3.8) is 0 Å². The lowest BCUT2D eigenvalue weighted by Gasteiger charge is -2.47. The van der Waals surface area contributed by atoms with Crippen LogP contribution < -0.4 is 0 Å². The number of carbonyl (C=O) groups excluding carboxylic acids is 1. The minimum Gasteiger partial charge on any atom is -0.389 e. The van der Waals surface area contributed by atoms with Crippen LogP contribution in [0.3, 0.4) is 0 Å². The highest BCUT2D eigenvalue weighted by Crippen LogP contribution is 2.39. The first-order valence-electron chi connectivity index (χ1n) is 7.09. The Balaban J connectivity index is 1.72. The Morgan fingerprint density at radius 1 is 1.35 bits per heavy atom. The molecule has 0 bridgehead atoms. The number of hydrogen-bond acceptors (Lipinski definition) is 4. The number of halogens is 1. The van der Waals surface area contributed by atoms with Crippen molar-refractivity contribution in [1.29, 1.82) is 0 Å². The largest absolute Gasteiger partial charge is 0.389 e. The van der Waals surface area contributed by atoms with E-state index in [4.69, 9.17) is 11.6 Å². The summed E-state index contributed by atoms with van der Waals surface area (Å²) in [5.74, 6) is 0.0657. The molecule has 20 heavy (non-hydrogen) atoms. The number of fused-ring (bicyclic) bond motifs is 1. The third-order valence-electron chi connectivity index (χ3n) is 4.57. The second kappa shape index (κ2) is 5.30. The predicted octanol–water partition coefficient (Wildman–Crippen LogP) is 1.90. The highest BCUT2D eigenvalue weighted by Gasteiger charge is 2.43. The molecule has 3 rings (SSSR count). The minimum absolute atomic E-state index is 0.123. The van der Waals surface area contributed by atoms with Gasteiger partial charge in [-0.3, -0.25) is 4.79 Å². The van der Waals surface area contributed by atoms with E-state index in [1.165, 1.54) is 0 Å². The van der Waals surface area contributed by atoms with Crippen LogP contribution in [0.15, 0.2) is 12.1 Å². The van der Waals surface area contributed by atoms with Gasteiger partial charge in [-0.2, -0.15) is 0 Å². The lowest BCUT2D eigenvalue weighted by Crippen LogP contribution is -2.54. The van der Waals surface area contributed by atoms with Crippen LogP contribution in [0.5, 0.6) is 0 Å². The summed E-state index contributed by atoms with van der Waals surface area (Å²) >= 11 is 5.68. The zero-order chi connectivity index (χ0) is 14.2. The smallest absolute Gasteiger partial charge is 0.274 e. The van der Waals surface area contributed by atoms with Gasteiger partial charge < -0.3 is 10.0 Å². The van der Waals surface area contributed by atoms with Crippen LogP contribution in [0.4, 0.5) is 0 Å². The maximum Gasteiger partial charge on any atom is 0.274 e. The van der Waals surface area contributed by atoms with Gasteiger partial charge in [0.2, 0.25) is 0 Å². The number of likely N-dealkylation sites (tertiary alicyclic amines) is 1. The Hall–Kier alpha value is -1.20. The molecule has 2 heterocycles. The van der Waals surface area contributed by atoms with Crippen LogP contribution in [0.1, 0.15) is 42.6 Å². The Morgan fingerprint density at radius 2 is 2.20 bits per heavy atom. The Bertz CT molecular complexity index is 508. The zero-order valence-electron chi connectivity index (χ0n) is 11.3. The average molecular weight is 296 g/mol. The third-order valence-corrected chi connectivity index (χ3v) is 4.77. The molecule has 5 nitrogen and oxygen atoms in total. The first kappa shape index (κ1) is 13.8. The van der Waals surface area contributed by atoms with Crippen molar-refractivity contribution >= 4 is 17.5 Å². The highest BCUT2D eigenvalue weighted by atomic mass is 35.5. The van der Waals surface area contributed by atoms with Crippen molar-refractivity contribution in [1.82, 2.24) is 15.1 Å². The molecule has 108 valence electrons. The number of rotatable bonds is 1. The lowest BCUT2D eigenvalue weighted by atomic mass is 9.71. The summed E-state index contributed by atoms with van der Waals surface area (Å²) in [7, 11) is 0. The Morgan fingerprint density at radius 3 is 2.95 bits per heavy atom. The maximum atomic E-state index is 12.4. The van der Waals surface area contributed by atoms with E-state index in [-0.39, 0.29) is 17.0 Å². The number of amides is 1. The number of aromatic nitrogens is 2. The SMILES string of the molecule is O=C(c1ccc(Cl)nn1)N1CCC2(O)CCCCC2C1. The molecule has 0 radical (unpaired) electrons. The van der Waals surface area contributed by atoms with Gasteiger partial charge in [-0.15, -0.1) is 10.2 Å². The lowest BCUT2D eigenvalue weighted by molar-refractivity contribution is -0.0886. The van der Waals surface area contributed by atoms with Gasteiger partial charge in [0.05, 0.1) is 5.60 Å². The van der Waals surface area contributed by atoms with Crippen molar-refractivity contribution in [2.24, 2.45) is 5.92 Å². The van der Waals surface area contributed by atoms with Gasteiger partial charge in [0.15, 0.2) is 10.8 Å². The molecule has 1 saturated heterocycles. The van der Waals surface area contributed by atoms with Crippen molar-refractivity contribution < 1.29 is 9.90 Å². The molecular formula is C14H18ClN3O2. The van der Waals surface area contributed by atoms with Gasteiger partial charge in [-0.05, 0) is 31.4 Å². The van der Waals surface area contributed by atoms with Crippen molar-refractivity contribution in [3.05, 3.63) is 23.0 Å². The van der Waals surface area contributed by atoms with Crippen LogP contribution >= 0.6 is 11.6 Å². The van der Waals surface area contributed by atoms with E-state index in [2.05, 4.69) is 10.2 Å². The normalized spacial score (nSPS) is 29.9. The van der Waals surface area contributed by atoms with Gasteiger partial charge in [-0.25, -0.2) is 0 Å². The Kier molecular flexibility index (Phi) is 3.65. The van der Waals surface area contributed by atoms with E-state index >= 15 is 0 Å². The Labute approximate surface area is 122 Å². The summed E-state index contributed by atoms with van der Waals surface area (Å²) in [6.45, 7) is 1.19. The number of carbonyl (C=O) groups is 1. The molecule has 1 aliphatic heterocycles. The summed E-state index contributed by atoms with van der Waals surface area (Å²) in [5.41, 5.74) is -0.253. The standard InChI is InChI=1S/C14H18ClN3O2/c15-12-5-4-11(16-17-12)13(19)18-8-7-14(20)6-2-1-3-10(14)9-18/h4-5,10,20H,1-3,6-9H2. The molecule has 1 N–H and O–H groups in total. The molecule has 1 aliphatic carbocycles. The summed E-state index contributed by atoms with van der Waals surface area (Å²) in [6, 6.07) is 3.17. The van der Waals surface area contributed by atoms with Gasteiger partial charge in [0.1, 0.15) is 0 Å². The zero-order valence-corrected chi connectivity index (χ0v) is 12.0. The van der Waals surface area contributed by atoms with Gasteiger partial charge >= 0.3 is 0 Å². The summed E-state index contributed by atoms with van der Waals surface area (Å²) < 4.78 is 0. The molecule has 6 heteroatoms. The fraction of sp³-hybridized carbons (Fsp3) is 0.643. The van der Waals surface area contributed by atoms with E-state index in [0.717, 1.165) is 25.7 Å². The van der Waals surface area contributed by atoms with Crippen molar-refractivity contribution in [3.8, 4) is 0 Å². The van der Waals surface area contributed by atoms with Crippen molar-refractivity contribution in [2.75, 3.05) is 13.1 Å². The van der Waals surface area contributed by atoms with Crippen LogP contribution in [0, 0.1) is 5.92 Å². The number of hydrogen-bond donors (Lipinski definition) is 1. The molecule has 2 unspecified atom stereocenters. The number of aliphatic hydroxyl groups is 1. The van der Waals surface area contributed by atoms with E-state index in [9.17, 15) is 9.90 Å². The van der Waals surface area contributed by atoms with Gasteiger partial charge in [0.25, 0.3) is 5.91 Å². The molecule has 2 atom stereocenters. The van der Waals surface area contributed by atoms with Crippen LogP contribution in [-0.4, -0.2) is 44.8 Å². The van der Waals surface area contributed by atoms with Crippen molar-refractivity contribution in [2.45, 2.75) is 37.7 Å². The monoisotopic (exact) mass is 295 g/mol. The van der Waals surface area contributed by atoms with Crippen LogP contribution in [0.25, 0.3) is 0 Å². The van der Waals surface area contributed by atoms with E-state index < -0.39 is 5.60 Å².